The topological polar surface area (TPSA) is 79.3 Å². The van der Waals surface area contributed by atoms with E-state index in [1.165, 1.54) is 4.90 Å². The minimum Gasteiger partial charge on any atom is -0.496 e. The number of hydrogen-bond acceptors (Lipinski definition) is 6. The van der Waals surface area contributed by atoms with E-state index in [0.29, 0.717) is 29.2 Å². The Bertz CT molecular complexity index is 952. The number of rotatable bonds is 9. The summed E-state index contributed by atoms with van der Waals surface area (Å²) >= 11 is 0. The highest BCUT2D eigenvalue weighted by Crippen LogP contribution is 2.33. The van der Waals surface area contributed by atoms with E-state index in [2.05, 4.69) is 0 Å². The summed E-state index contributed by atoms with van der Waals surface area (Å²) in [5.74, 6) is 0.522. The van der Waals surface area contributed by atoms with Crippen molar-refractivity contribution in [3.8, 4) is 11.5 Å². The number of carbonyl (C=O) groups excluding carboxylic acids is 2. The van der Waals surface area contributed by atoms with Crippen LogP contribution in [0.15, 0.2) is 54.2 Å². The second kappa shape index (κ2) is 9.45. The van der Waals surface area contributed by atoms with Gasteiger partial charge in [-0.3, -0.25) is 14.5 Å². The van der Waals surface area contributed by atoms with E-state index < -0.39 is 5.91 Å². The Balaban J connectivity index is 2.00. The lowest BCUT2D eigenvalue weighted by Crippen LogP contribution is -2.34. The molecule has 0 aromatic heterocycles. The lowest BCUT2D eigenvalue weighted by Gasteiger charge is -2.21. The van der Waals surface area contributed by atoms with Crippen molar-refractivity contribution >= 4 is 17.4 Å². The standard InChI is InChI=1S/C23H26N2O5/c1-4-30-18-11-9-16(10-12-18)20-21(24(2)13-14-26)23(28)25(22(20)27)15-17-7-5-6-8-19(17)29-3/h5-12,26H,4,13-15H2,1-3H3. The molecule has 1 heterocycles. The SMILES string of the molecule is CCOc1ccc(C2=C(N(C)CCO)C(=O)N(Cc3ccccc3OC)C2=O)cc1. The van der Waals surface area contributed by atoms with Crippen LogP contribution in [0.25, 0.3) is 5.57 Å². The first-order valence-corrected chi connectivity index (χ1v) is 9.79. The zero-order valence-electron chi connectivity index (χ0n) is 17.4. The van der Waals surface area contributed by atoms with Crippen molar-refractivity contribution < 1.29 is 24.2 Å². The van der Waals surface area contributed by atoms with E-state index in [1.54, 1.807) is 49.4 Å². The minimum atomic E-state index is -0.397. The number of imide groups is 1. The molecule has 2 aromatic carbocycles. The molecule has 0 saturated heterocycles. The maximum atomic E-state index is 13.3. The van der Waals surface area contributed by atoms with Crippen LogP contribution < -0.4 is 9.47 Å². The van der Waals surface area contributed by atoms with Crippen molar-refractivity contribution in [2.24, 2.45) is 0 Å². The molecule has 3 rings (SSSR count). The molecule has 0 unspecified atom stereocenters. The number of ether oxygens (including phenoxy) is 2. The number of carbonyl (C=O) groups is 2. The Hall–Kier alpha value is -3.32. The van der Waals surface area contributed by atoms with Crippen LogP contribution in [0.2, 0.25) is 0 Å². The van der Waals surface area contributed by atoms with Crippen LogP contribution in [0.1, 0.15) is 18.1 Å². The van der Waals surface area contributed by atoms with Crippen LogP contribution in [-0.2, 0) is 16.1 Å². The molecule has 0 bridgehead atoms. The highest BCUT2D eigenvalue weighted by atomic mass is 16.5. The summed E-state index contributed by atoms with van der Waals surface area (Å²) < 4.78 is 10.8. The molecule has 158 valence electrons. The van der Waals surface area contributed by atoms with Gasteiger partial charge in [0.1, 0.15) is 17.2 Å². The predicted molar refractivity (Wildman–Crippen MR) is 113 cm³/mol. The van der Waals surface area contributed by atoms with Gasteiger partial charge in [-0.15, -0.1) is 0 Å². The average molecular weight is 410 g/mol. The molecule has 30 heavy (non-hydrogen) atoms. The van der Waals surface area contributed by atoms with Gasteiger partial charge in [0.05, 0.1) is 32.4 Å². The van der Waals surface area contributed by atoms with Crippen molar-refractivity contribution in [1.82, 2.24) is 9.80 Å². The van der Waals surface area contributed by atoms with E-state index in [0.717, 1.165) is 5.56 Å². The van der Waals surface area contributed by atoms with Crippen molar-refractivity contribution in [2.45, 2.75) is 13.5 Å². The molecular formula is C23H26N2O5. The number of likely N-dealkylation sites (N-methyl/N-ethyl adjacent to an activating group) is 1. The first-order valence-electron chi connectivity index (χ1n) is 9.79. The molecule has 2 aromatic rings. The maximum absolute atomic E-state index is 13.3. The van der Waals surface area contributed by atoms with E-state index in [1.807, 2.05) is 25.1 Å². The van der Waals surface area contributed by atoms with Crippen molar-refractivity contribution in [3.05, 3.63) is 65.4 Å². The molecular weight excluding hydrogens is 384 g/mol. The lowest BCUT2D eigenvalue weighted by atomic mass is 10.0. The van der Waals surface area contributed by atoms with Gasteiger partial charge in [-0.05, 0) is 30.7 Å². The molecule has 0 atom stereocenters. The third-order valence-corrected chi connectivity index (χ3v) is 4.94. The molecule has 1 N–H and O–H groups in total. The number of aliphatic hydroxyl groups excluding tert-OH is 1. The molecule has 0 radical (unpaired) electrons. The Kier molecular flexibility index (Phi) is 6.74. The van der Waals surface area contributed by atoms with Gasteiger partial charge >= 0.3 is 0 Å². The van der Waals surface area contributed by atoms with Crippen molar-refractivity contribution in [3.63, 3.8) is 0 Å². The maximum Gasteiger partial charge on any atom is 0.278 e. The summed E-state index contributed by atoms with van der Waals surface area (Å²) in [5, 5.41) is 9.36. The Morgan fingerprint density at radius 2 is 1.73 bits per heavy atom. The highest BCUT2D eigenvalue weighted by Gasteiger charge is 2.40. The molecule has 2 amide bonds. The summed E-state index contributed by atoms with van der Waals surface area (Å²) in [6, 6.07) is 14.4. The van der Waals surface area contributed by atoms with E-state index in [4.69, 9.17) is 9.47 Å². The van der Waals surface area contributed by atoms with Gasteiger partial charge in [-0.2, -0.15) is 0 Å². The van der Waals surface area contributed by atoms with Crippen LogP contribution in [0.3, 0.4) is 0 Å². The predicted octanol–water partition coefficient (Wildman–Crippen LogP) is 2.30. The van der Waals surface area contributed by atoms with Crippen LogP contribution in [-0.4, -0.2) is 60.6 Å². The Morgan fingerprint density at radius 1 is 1.03 bits per heavy atom. The van der Waals surface area contributed by atoms with Gasteiger partial charge in [-0.25, -0.2) is 0 Å². The Morgan fingerprint density at radius 3 is 2.37 bits per heavy atom. The normalized spacial score (nSPS) is 13.8. The molecule has 1 aliphatic heterocycles. The fourth-order valence-electron chi connectivity index (χ4n) is 3.47. The lowest BCUT2D eigenvalue weighted by molar-refractivity contribution is -0.138. The summed E-state index contributed by atoms with van der Waals surface area (Å²) in [4.78, 5) is 29.4. The Labute approximate surface area is 176 Å². The summed E-state index contributed by atoms with van der Waals surface area (Å²) in [5.41, 5.74) is 1.94. The quantitative estimate of drug-likeness (QED) is 0.639. The second-order valence-corrected chi connectivity index (χ2v) is 6.83. The summed E-state index contributed by atoms with van der Waals surface area (Å²) in [6.07, 6.45) is 0. The molecule has 1 aliphatic rings. The van der Waals surface area contributed by atoms with Gasteiger partial charge in [0.2, 0.25) is 0 Å². The fourth-order valence-corrected chi connectivity index (χ4v) is 3.47. The summed E-state index contributed by atoms with van der Waals surface area (Å²) in [6.45, 7) is 2.63. The second-order valence-electron chi connectivity index (χ2n) is 6.83. The van der Waals surface area contributed by atoms with E-state index >= 15 is 0 Å². The van der Waals surface area contributed by atoms with Gasteiger partial charge in [0, 0.05) is 19.2 Å². The van der Waals surface area contributed by atoms with Crippen LogP contribution in [0, 0.1) is 0 Å². The largest absolute Gasteiger partial charge is 0.496 e. The molecule has 7 heteroatoms. The number of para-hydroxylation sites is 1. The first kappa shape index (κ1) is 21.4. The molecule has 0 saturated carbocycles. The van der Waals surface area contributed by atoms with Gasteiger partial charge in [0.15, 0.2) is 0 Å². The number of hydrogen-bond donors (Lipinski definition) is 1. The zero-order chi connectivity index (χ0) is 21.7. The molecule has 7 nitrogen and oxygen atoms in total. The first-order chi connectivity index (χ1) is 14.5. The van der Waals surface area contributed by atoms with Crippen LogP contribution >= 0.6 is 0 Å². The summed E-state index contributed by atoms with van der Waals surface area (Å²) in [7, 11) is 3.24. The minimum absolute atomic E-state index is 0.0959. The third kappa shape index (κ3) is 4.16. The van der Waals surface area contributed by atoms with Gasteiger partial charge in [-0.1, -0.05) is 30.3 Å². The number of methoxy groups -OCH3 is 1. The number of nitrogens with zero attached hydrogens (tertiary/aromatic N) is 2. The van der Waals surface area contributed by atoms with Crippen LogP contribution in [0.4, 0.5) is 0 Å². The number of amides is 2. The number of aliphatic hydroxyl groups is 1. The van der Waals surface area contributed by atoms with Gasteiger partial charge < -0.3 is 19.5 Å². The third-order valence-electron chi connectivity index (χ3n) is 4.94. The molecule has 0 spiro atoms. The van der Waals surface area contributed by atoms with Gasteiger partial charge in [0.25, 0.3) is 11.8 Å². The molecule has 0 fully saturated rings. The highest BCUT2D eigenvalue weighted by molar-refractivity contribution is 6.35. The van der Waals surface area contributed by atoms with Crippen molar-refractivity contribution in [1.29, 1.82) is 0 Å². The smallest absolute Gasteiger partial charge is 0.278 e. The number of benzene rings is 2. The van der Waals surface area contributed by atoms with Crippen molar-refractivity contribution in [2.75, 3.05) is 33.9 Å². The van der Waals surface area contributed by atoms with E-state index in [9.17, 15) is 14.7 Å². The van der Waals surface area contributed by atoms with E-state index in [-0.39, 0.29) is 31.3 Å². The molecule has 0 aliphatic carbocycles. The zero-order valence-corrected chi connectivity index (χ0v) is 17.4. The average Bonchev–Trinajstić information content (AvgIpc) is 3.00. The fraction of sp³-hybridized carbons (Fsp3) is 0.304. The van der Waals surface area contributed by atoms with Crippen LogP contribution in [0.5, 0.6) is 11.5 Å². The monoisotopic (exact) mass is 410 g/mol.